The van der Waals surface area contributed by atoms with E-state index in [9.17, 15) is 10.2 Å². The van der Waals surface area contributed by atoms with Crippen LogP contribution in [-0.4, -0.2) is 28.8 Å². The summed E-state index contributed by atoms with van der Waals surface area (Å²) < 4.78 is 6.44. The summed E-state index contributed by atoms with van der Waals surface area (Å²) in [5.41, 5.74) is 6.80. The molecular weight excluding hydrogens is 442 g/mol. The summed E-state index contributed by atoms with van der Waals surface area (Å²) in [5, 5.41) is 20.7. The number of phenols is 1. The number of hydrogen-bond donors (Lipinski definition) is 2. The first-order chi connectivity index (χ1) is 14.6. The Bertz CT molecular complexity index is 1100. The van der Waals surface area contributed by atoms with Crippen molar-refractivity contribution in [2.45, 2.75) is 31.5 Å². The third kappa shape index (κ3) is 3.04. The van der Waals surface area contributed by atoms with Crippen LogP contribution in [0.3, 0.4) is 0 Å². The molecule has 30 heavy (non-hydrogen) atoms. The second kappa shape index (κ2) is 7.73. The molecule has 5 rings (SSSR count). The molecule has 0 amide bonds. The Morgan fingerprint density at radius 3 is 2.67 bits per heavy atom. The molecule has 2 atom stereocenters. The number of aliphatic hydroxyl groups is 1. The Hall–Kier alpha value is -2.34. The molecule has 2 aliphatic rings. The van der Waals surface area contributed by atoms with E-state index in [-0.39, 0.29) is 24.4 Å². The van der Waals surface area contributed by atoms with E-state index in [1.165, 1.54) is 11.1 Å². The van der Waals surface area contributed by atoms with Crippen molar-refractivity contribution in [3.63, 3.8) is 0 Å². The van der Waals surface area contributed by atoms with Gasteiger partial charge in [-0.1, -0.05) is 64.5 Å². The highest BCUT2D eigenvalue weighted by Crippen LogP contribution is 2.53. The van der Waals surface area contributed by atoms with Gasteiger partial charge in [0.25, 0.3) is 0 Å². The Morgan fingerprint density at radius 1 is 1.13 bits per heavy atom. The van der Waals surface area contributed by atoms with E-state index in [0.29, 0.717) is 5.75 Å². The summed E-state index contributed by atoms with van der Waals surface area (Å²) in [6, 6.07) is 18.7. The largest absolute Gasteiger partial charge is 0.504 e. The van der Waals surface area contributed by atoms with E-state index in [0.717, 1.165) is 46.1 Å². The predicted molar refractivity (Wildman–Crippen MR) is 120 cm³/mol. The Morgan fingerprint density at radius 2 is 1.93 bits per heavy atom. The highest BCUT2D eigenvalue weighted by molar-refractivity contribution is 9.10. The van der Waals surface area contributed by atoms with Crippen LogP contribution in [0, 0.1) is 0 Å². The molecule has 0 spiro atoms. The molecule has 154 valence electrons. The smallest absolute Gasteiger partial charge is 0.163 e. The van der Waals surface area contributed by atoms with Gasteiger partial charge in [-0.05, 0) is 46.7 Å². The van der Waals surface area contributed by atoms with Gasteiger partial charge in [0.15, 0.2) is 11.5 Å². The minimum absolute atomic E-state index is 0.0583. The Balaban J connectivity index is 1.72. The van der Waals surface area contributed by atoms with Crippen LogP contribution in [-0.2, 0) is 19.4 Å². The number of nitrogens with zero attached hydrogens (tertiary/aromatic N) is 1. The van der Waals surface area contributed by atoms with Crippen LogP contribution < -0.4 is 4.74 Å². The minimum Gasteiger partial charge on any atom is -0.504 e. The average molecular weight is 466 g/mol. The fourth-order valence-electron chi connectivity index (χ4n) is 5.10. The van der Waals surface area contributed by atoms with Crippen molar-refractivity contribution < 1.29 is 14.9 Å². The topological polar surface area (TPSA) is 52.9 Å². The van der Waals surface area contributed by atoms with Crippen molar-refractivity contribution >= 4 is 15.9 Å². The van der Waals surface area contributed by atoms with Gasteiger partial charge in [0, 0.05) is 22.6 Å². The SMILES string of the molecule is COc1cc(Br)c2c(c1O)[C@@H](c1ccccc1)N1CCc3cc(CO)ccc3[C@@H]1C2. The number of phenolic OH excluding ortho intramolecular Hbond substituents is 1. The molecule has 2 aliphatic heterocycles. The van der Waals surface area contributed by atoms with Crippen molar-refractivity contribution in [1.82, 2.24) is 4.90 Å². The van der Waals surface area contributed by atoms with Gasteiger partial charge in [0.05, 0.1) is 19.8 Å². The Kier molecular flexibility index (Phi) is 5.05. The average Bonchev–Trinajstić information content (AvgIpc) is 2.80. The fraction of sp³-hybridized carbons (Fsp3) is 0.280. The third-order valence-corrected chi connectivity index (χ3v) is 7.19. The quantitative estimate of drug-likeness (QED) is 0.577. The van der Waals surface area contributed by atoms with Crippen LogP contribution in [0.1, 0.15) is 45.5 Å². The second-order valence-electron chi connectivity index (χ2n) is 8.01. The van der Waals surface area contributed by atoms with E-state index in [1.807, 2.05) is 18.2 Å². The lowest BCUT2D eigenvalue weighted by Gasteiger charge is -2.47. The Labute approximate surface area is 184 Å². The molecule has 3 aromatic carbocycles. The number of rotatable bonds is 3. The number of aliphatic hydroxyl groups excluding tert-OH is 1. The van der Waals surface area contributed by atoms with Crippen LogP contribution in [0.25, 0.3) is 0 Å². The first-order valence-corrected chi connectivity index (χ1v) is 11.0. The lowest BCUT2D eigenvalue weighted by atomic mass is 9.78. The van der Waals surface area contributed by atoms with E-state index in [4.69, 9.17) is 4.74 Å². The minimum atomic E-state index is -0.0583. The van der Waals surface area contributed by atoms with Crippen molar-refractivity contribution in [3.8, 4) is 11.5 Å². The summed E-state index contributed by atoms with van der Waals surface area (Å²) in [4.78, 5) is 2.50. The van der Waals surface area contributed by atoms with Crippen LogP contribution in [0.4, 0.5) is 0 Å². The van der Waals surface area contributed by atoms with Crippen LogP contribution in [0.5, 0.6) is 11.5 Å². The zero-order valence-corrected chi connectivity index (χ0v) is 18.4. The van der Waals surface area contributed by atoms with Crippen LogP contribution in [0.15, 0.2) is 59.1 Å². The van der Waals surface area contributed by atoms with Crippen LogP contribution >= 0.6 is 15.9 Å². The van der Waals surface area contributed by atoms with E-state index < -0.39 is 0 Å². The number of fused-ring (bicyclic) bond motifs is 4. The maximum atomic E-state index is 11.1. The maximum absolute atomic E-state index is 11.1. The zero-order chi connectivity index (χ0) is 20.8. The summed E-state index contributed by atoms with van der Waals surface area (Å²) >= 11 is 3.74. The molecule has 5 heteroatoms. The van der Waals surface area contributed by atoms with Crippen molar-refractivity contribution in [2.75, 3.05) is 13.7 Å². The number of aromatic hydroxyl groups is 1. The molecule has 0 saturated carbocycles. The van der Waals surface area contributed by atoms with Gasteiger partial charge in [-0.2, -0.15) is 0 Å². The van der Waals surface area contributed by atoms with Gasteiger partial charge in [-0.25, -0.2) is 0 Å². The first-order valence-electron chi connectivity index (χ1n) is 10.2. The predicted octanol–water partition coefficient (Wildman–Crippen LogP) is 4.90. The lowest BCUT2D eigenvalue weighted by Crippen LogP contribution is -2.43. The lowest BCUT2D eigenvalue weighted by molar-refractivity contribution is 0.126. The fourth-order valence-corrected chi connectivity index (χ4v) is 5.69. The van der Waals surface area contributed by atoms with Crippen molar-refractivity contribution in [2.24, 2.45) is 0 Å². The van der Waals surface area contributed by atoms with E-state index >= 15 is 0 Å². The maximum Gasteiger partial charge on any atom is 0.163 e. The summed E-state index contributed by atoms with van der Waals surface area (Å²) in [6.07, 6.45) is 1.73. The monoisotopic (exact) mass is 465 g/mol. The molecule has 0 saturated heterocycles. The van der Waals surface area contributed by atoms with Gasteiger partial charge >= 0.3 is 0 Å². The number of hydrogen-bond acceptors (Lipinski definition) is 4. The summed E-state index contributed by atoms with van der Waals surface area (Å²) in [7, 11) is 1.59. The zero-order valence-electron chi connectivity index (χ0n) is 16.8. The summed E-state index contributed by atoms with van der Waals surface area (Å²) in [5.74, 6) is 0.717. The molecule has 0 fully saturated rings. The molecular formula is C25H24BrNO3. The first kappa shape index (κ1) is 19.6. The molecule has 4 nitrogen and oxygen atoms in total. The number of ether oxygens (including phenoxy) is 1. The molecule has 0 bridgehead atoms. The van der Waals surface area contributed by atoms with E-state index in [1.54, 1.807) is 7.11 Å². The molecule has 2 N–H and O–H groups in total. The van der Waals surface area contributed by atoms with Gasteiger partial charge in [-0.3, -0.25) is 4.90 Å². The van der Waals surface area contributed by atoms with Crippen molar-refractivity contribution in [1.29, 1.82) is 0 Å². The molecule has 0 aromatic heterocycles. The molecule has 0 unspecified atom stereocenters. The number of methoxy groups -OCH3 is 1. The highest BCUT2D eigenvalue weighted by Gasteiger charge is 2.41. The third-order valence-electron chi connectivity index (χ3n) is 6.49. The number of benzene rings is 3. The molecule has 0 aliphatic carbocycles. The van der Waals surface area contributed by atoms with Gasteiger partial charge < -0.3 is 14.9 Å². The number of halogens is 1. The van der Waals surface area contributed by atoms with E-state index in [2.05, 4.69) is 57.2 Å². The van der Waals surface area contributed by atoms with Gasteiger partial charge in [-0.15, -0.1) is 0 Å². The van der Waals surface area contributed by atoms with Gasteiger partial charge in [0.2, 0.25) is 0 Å². The highest BCUT2D eigenvalue weighted by atomic mass is 79.9. The van der Waals surface area contributed by atoms with Crippen LogP contribution in [0.2, 0.25) is 0 Å². The summed E-state index contributed by atoms with van der Waals surface area (Å²) in [6.45, 7) is 0.955. The standard InChI is InChI=1S/C25H24BrNO3/c1-30-22-13-20(26)19-12-21-18-8-7-15(14-28)11-17(18)9-10-27(21)24(23(19)25(22)29)16-5-3-2-4-6-16/h2-8,11,13,21,24,28-29H,9-10,12,14H2,1H3/t21-,24+/m0/s1. The molecule has 2 heterocycles. The second-order valence-corrected chi connectivity index (χ2v) is 8.87. The molecule has 0 radical (unpaired) electrons. The normalized spacial score (nSPS) is 20.2. The van der Waals surface area contributed by atoms with Crippen molar-refractivity contribution in [3.05, 3.63) is 92.5 Å². The molecule has 3 aromatic rings. The van der Waals surface area contributed by atoms with Gasteiger partial charge in [0.1, 0.15) is 0 Å².